The number of nitrogens with zero attached hydrogens (tertiary/aromatic N) is 1. The molecule has 0 N–H and O–H groups in total. The lowest BCUT2D eigenvalue weighted by molar-refractivity contribution is 1.42. The molecule has 0 saturated heterocycles. The van der Waals surface area contributed by atoms with Crippen LogP contribution in [0.5, 0.6) is 0 Å². The van der Waals surface area contributed by atoms with Crippen molar-refractivity contribution in [2.75, 3.05) is 0 Å². The van der Waals surface area contributed by atoms with Gasteiger partial charge in [0, 0.05) is 18.8 Å². The summed E-state index contributed by atoms with van der Waals surface area (Å²) in [5.41, 5.74) is 0. The van der Waals surface area contributed by atoms with E-state index < -0.39 is 0 Å². The maximum Gasteiger partial charge on any atom is 0.0291 e. The second-order valence-electron chi connectivity index (χ2n) is 1.91. The molecule has 0 aliphatic heterocycles. The predicted octanol–water partition coefficient (Wildman–Crippen LogP) is 2.73. The van der Waals surface area contributed by atoms with Crippen LogP contribution < -0.4 is 0 Å². The molecule has 62 valence electrons. The SMILES string of the molecule is C=C/C=C/C#CC/C=C/N=CC. The van der Waals surface area contributed by atoms with Crippen molar-refractivity contribution in [2.45, 2.75) is 13.3 Å². The van der Waals surface area contributed by atoms with Crippen molar-refractivity contribution >= 4 is 6.21 Å². The molecule has 0 bridgehead atoms. The largest absolute Gasteiger partial charge is 0.270 e. The molecule has 1 heteroatoms. The molecule has 0 atom stereocenters. The third-order valence-electron chi connectivity index (χ3n) is 0.978. The van der Waals surface area contributed by atoms with Crippen LogP contribution in [0.1, 0.15) is 13.3 Å². The molecule has 0 aromatic rings. The Morgan fingerprint density at radius 3 is 3.00 bits per heavy atom. The number of hydrogen-bond acceptors (Lipinski definition) is 1. The van der Waals surface area contributed by atoms with E-state index in [0.717, 1.165) is 6.42 Å². The first kappa shape index (κ1) is 10.4. The molecule has 0 aromatic carbocycles. The van der Waals surface area contributed by atoms with Crippen LogP contribution >= 0.6 is 0 Å². The summed E-state index contributed by atoms with van der Waals surface area (Å²) in [5.74, 6) is 5.79. The third kappa shape index (κ3) is 8.45. The van der Waals surface area contributed by atoms with E-state index >= 15 is 0 Å². The standard InChI is InChI=1S/C11H13N/c1-3-5-6-7-8-9-10-11-12-4-2/h3-6,10-11H,1,9H2,2H3/b6-5+,11-10+,12-4?. The van der Waals surface area contributed by atoms with Gasteiger partial charge in [0.2, 0.25) is 0 Å². The number of aliphatic imine (C=N–C) groups is 1. The maximum absolute atomic E-state index is 3.90. The second kappa shape index (κ2) is 9.45. The Morgan fingerprint density at radius 1 is 1.50 bits per heavy atom. The summed E-state index contributed by atoms with van der Waals surface area (Å²) in [7, 11) is 0. The Kier molecular flexibility index (Phi) is 8.23. The van der Waals surface area contributed by atoms with Gasteiger partial charge in [-0.15, -0.1) is 0 Å². The monoisotopic (exact) mass is 159 g/mol. The molecule has 0 fully saturated rings. The Hall–Kier alpha value is -1.55. The molecule has 0 rings (SSSR count). The molecule has 0 amide bonds. The normalized spacial score (nSPS) is 10.8. The second-order valence-corrected chi connectivity index (χ2v) is 1.91. The van der Waals surface area contributed by atoms with Crippen LogP contribution in [0.3, 0.4) is 0 Å². The highest BCUT2D eigenvalue weighted by atomic mass is 14.6. The first-order chi connectivity index (χ1) is 5.91. The van der Waals surface area contributed by atoms with Crippen LogP contribution in [0, 0.1) is 11.8 Å². The Morgan fingerprint density at radius 2 is 2.33 bits per heavy atom. The molecule has 0 unspecified atom stereocenters. The summed E-state index contributed by atoms with van der Waals surface area (Å²) in [5, 5.41) is 0. The van der Waals surface area contributed by atoms with E-state index in [4.69, 9.17) is 0 Å². The summed E-state index contributed by atoms with van der Waals surface area (Å²) in [4.78, 5) is 3.90. The third-order valence-corrected chi connectivity index (χ3v) is 0.978. The molecule has 1 nitrogen and oxygen atoms in total. The van der Waals surface area contributed by atoms with Gasteiger partial charge in [-0.05, 0) is 13.0 Å². The zero-order valence-electron chi connectivity index (χ0n) is 7.33. The van der Waals surface area contributed by atoms with E-state index in [1.54, 1.807) is 30.6 Å². The summed E-state index contributed by atoms with van der Waals surface area (Å²) in [6.45, 7) is 5.41. The molecule has 0 saturated carbocycles. The Bertz CT molecular complexity index is 246. The van der Waals surface area contributed by atoms with Gasteiger partial charge in [0.05, 0.1) is 0 Å². The van der Waals surface area contributed by atoms with Gasteiger partial charge < -0.3 is 0 Å². The minimum Gasteiger partial charge on any atom is -0.270 e. The fourth-order valence-electron chi connectivity index (χ4n) is 0.493. The highest BCUT2D eigenvalue weighted by Gasteiger charge is 1.65. The van der Waals surface area contributed by atoms with Gasteiger partial charge in [-0.2, -0.15) is 0 Å². The molecule has 0 heterocycles. The minimum atomic E-state index is 0.735. The number of hydrogen-bond donors (Lipinski definition) is 0. The van der Waals surface area contributed by atoms with E-state index in [-0.39, 0.29) is 0 Å². The lowest BCUT2D eigenvalue weighted by Crippen LogP contribution is -1.59. The average Bonchev–Trinajstić information content (AvgIpc) is 2.10. The fourth-order valence-corrected chi connectivity index (χ4v) is 0.493. The highest BCUT2D eigenvalue weighted by Crippen LogP contribution is 1.80. The quantitative estimate of drug-likeness (QED) is 0.341. The van der Waals surface area contributed by atoms with Crippen molar-refractivity contribution in [3.63, 3.8) is 0 Å². The van der Waals surface area contributed by atoms with E-state index in [1.165, 1.54) is 0 Å². The molecule has 0 aliphatic rings. The molecule has 0 spiro atoms. The van der Waals surface area contributed by atoms with Gasteiger partial charge in [-0.25, -0.2) is 0 Å². The fraction of sp³-hybridized carbons (Fsp3) is 0.182. The molecule has 0 aromatic heterocycles. The first-order valence-electron chi connectivity index (χ1n) is 3.80. The summed E-state index contributed by atoms with van der Waals surface area (Å²) in [6.07, 6.45) is 11.4. The van der Waals surface area contributed by atoms with Gasteiger partial charge >= 0.3 is 0 Å². The summed E-state index contributed by atoms with van der Waals surface area (Å²) < 4.78 is 0. The van der Waals surface area contributed by atoms with Gasteiger partial charge in [-0.1, -0.05) is 36.6 Å². The molecular weight excluding hydrogens is 146 g/mol. The van der Waals surface area contributed by atoms with E-state index in [0.29, 0.717) is 0 Å². The molecule has 12 heavy (non-hydrogen) atoms. The molecular formula is C11H13N. The van der Waals surface area contributed by atoms with Crippen molar-refractivity contribution in [1.82, 2.24) is 0 Å². The zero-order valence-corrected chi connectivity index (χ0v) is 7.33. The van der Waals surface area contributed by atoms with Gasteiger partial charge in [0.15, 0.2) is 0 Å². The predicted molar refractivity (Wildman–Crippen MR) is 55.0 cm³/mol. The lowest BCUT2D eigenvalue weighted by atomic mass is 10.4. The Balaban J connectivity index is 3.58. The molecule has 0 radical (unpaired) electrons. The van der Waals surface area contributed by atoms with Crippen molar-refractivity contribution < 1.29 is 0 Å². The Labute approximate surface area is 74.2 Å². The zero-order chi connectivity index (χ0) is 9.07. The van der Waals surface area contributed by atoms with Gasteiger partial charge in [0.25, 0.3) is 0 Å². The van der Waals surface area contributed by atoms with Crippen molar-refractivity contribution in [2.24, 2.45) is 4.99 Å². The van der Waals surface area contributed by atoms with Crippen LogP contribution in [0.15, 0.2) is 42.1 Å². The van der Waals surface area contributed by atoms with Gasteiger partial charge in [-0.3, -0.25) is 4.99 Å². The van der Waals surface area contributed by atoms with E-state index in [9.17, 15) is 0 Å². The van der Waals surface area contributed by atoms with Crippen molar-refractivity contribution in [3.05, 3.63) is 37.1 Å². The van der Waals surface area contributed by atoms with Crippen molar-refractivity contribution in [3.8, 4) is 11.8 Å². The number of allylic oxidation sites excluding steroid dienone is 4. The topological polar surface area (TPSA) is 12.4 Å². The van der Waals surface area contributed by atoms with Crippen LogP contribution in [0.4, 0.5) is 0 Å². The van der Waals surface area contributed by atoms with E-state index in [2.05, 4.69) is 23.4 Å². The summed E-state index contributed by atoms with van der Waals surface area (Å²) >= 11 is 0. The summed E-state index contributed by atoms with van der Waals surface area (Å²) in [6, 6.07) is 0. The smallest absolute Gasteiger partial charge is 0.0291 e. The average molecular weight is 159 g/mol. The minimum absolute atomic E-state index is 0.735. The maximum atomic E-state index is 3.90. The number of rotatable bonds is 3. The van der Waals surface area contributed by atoms with Gasteiger partial charge in [0.1, 0.15) is 0 Å². The first-order valence-corrected chi connectivity index (χ1v) is 3.80. The van der Waals surface area contributed by atoms with Crippen LogP contribution in [-0.2, 0) is 0 Å². The highest BCUT2D eigenvalue weighted by molar-refractivity contribution is 5.54. The molecule has 0 aliphatic carbocycles. The van der Waals surface area contributed by atoms with Crippen LogP contribution in [0.25, 0.3) is 0 Å². The van der Waals surface area contributed by atoms with Crippen LogP contribution in [0.2, 0.25) is 0 Å². The lowest BCUT2D eigenvalue weighted by Gasteiger charge is -1.73. The van der Waals surface area contributed by atoms with Crippen molar-refractivity contribution in [1.29, 1.82) is 0 Å². The van der Waals surface area contributed by atoms with Crippen LogP contribution in [-0.4, -0.2) is 6.21 Å². The van der Waals surface area contributed by atoms with E-state index in [1.807, 2.05) is 13.0 Å².